The summed E-state index contributed by atoms with van der Waals surface area (Å²) in [4.78, 5) is 1.13. The summed E-state index contributed by atoms with van der Waals surface area (Å²) in [6.07, 6.45) is 1.59. The molecule has 1 aromatic heterocycles. The first-order valence-electron chi connectivity index (χ1n) is 5.85. The van der Waals surface area contributed by atoms with Crippen molar-refractivity contribution in [1.82, 2.24) is 0 Å². The lowest BCUT2D eigenvalue weighted by molar-refractivity contribution is 0.631. The maximum absolute atomic E-state index is 13.9. The van der Waals surface area contributed by atoms with Gasteiger partial charge in [0.25, 0.3) is 0 Å². The lowest BCUT2D eigenvalue weighted by atomic mass is 10.0. The molecule has 2 N–H and O–H groups in total. The average molecular weight is 295 g/mol. The number of benzene rings is 1. The summed E-state index contributed by atoms with van der Waals surface area (Å²) < 4.78 is 13.9. The predicted molar refractivity (Wildman–Crippen MR) is 77.8 cm³/mol. The third-order valence-electron chi connectivity index (χ3n) is 2.82. The molecule has 0 spiro atoms. The molecule has 0 atom stereocenters. The molecule has 0 fully saturated rings. The summed E-state index contributed by atoms with van der Waals surface area (Å²) >= 11 is 7.14. The van der Waals surface area contributed by atoms with Gasteiger partial charge in [0.15, 0.2) is 0 Å². The SMILES string of the molecule is CCCc1c(-c2cc(Cl)ccc2F)sc(C#N)c1N. The molecule has 1 aromatic carbocycles. The normalized spacial score (nSPS) is 10.4. The Morgan fingerprint density at radius 3 is 2.84 bits per heavy atom. The zero-order valence-corrected chi connectivity index (χ0v) is 11.9. The number of nitrogen functional groups attached to an aromatic ring is 1. The van der Waals surface area contributed by atoms with E-state index >= 15 is 0 Å². The van der Waals surface area contributed by atoms with Crippen molar-refractivity contribution in [3.05, 3.63) is 39.5 Å². The summed E-state index contributed by atoms with van der Waals surface area (Å²) in [5.74, 6) is -0.354. The van der Waals surface area contributed by atoms with Gasteiger partial charge in [0, 0.05) is 15.5 Å². The topological polar surface area (TPSA) is 49.8 Å². The van der Waals surface area contributed by atoms with Crippen molar-refractivity contribution in [2.24, 2.45) is 0 Å². The first-order chi connectivity index (χ1) is 9.08. The number of rotatable bonds is 3. The number of nitrogens with zero attached hydrogens (tertiary/aromatic N) is 1. The summed E-state index contributed by atoms with van der Waals surface area (Å²) in [7, 11) is 0. The molecule has 0 aliphatic heterocycles. The third kappa shape index (κ3) is 2.58. The maximum atomic E-state index is 13.9. The Balaban J connectivity index is 2.67. The number of thiophene rings is 1. The Labute approximate surface area is 120 Å². The smallest absolute Gasteiger partial charge is 0.131 e. The maximum Gasteiger partial charge on any atom is 0.131 e. The van der Waals surface area contributed by atoms with Gasteiger partial charge in [-0.15, -0.1) is 11.3 Å². The van der Waals surface area contributed by atoms with Crippen molar-refractivity contribution in [2.45, 2.75) is 19.8 Å². The van der Waals surface area contributed by atoms with E-state index in [0.717, 1.165) is 12.0 Å². The van der Waals surface area contributed by atoms with Crippen LogP contribution in [0.4, 0.5) is 10.1 Å². The first kappa shape index (κ1) is 13.9. The highest BCUT2D eigenvalue weighted by Gasteiger charge is 2.19. The second-order valence-corrected chi connectivity index (χ2v) is 5.60. The van der Waals surface area contributed by atoms with Crippen LogP contribution in [0.5, 0.6) is 0 Å². The fourth-order valence-electron chi connectivity index (χ4n) is 1.95. The predicted octanol–water partition coefficient (Wildman–Crippen LogP) is 4.61. The van der Waals surface area contributed by atoms with Gasteiger partial charge in [0.2, 0.25) is 0 Å². The van der Waals surface area contributed by atoms with Gasteiger partial charge in [-0.3, -0.25) is 0 Å². The number of hydrogen-bond acceptors (Lipinski definition) is 3. The van der Waals surface area contributed by atoms with Gasteiger partial charge in [-0.25, -0.2) is 4.39 Å². The van der Waals surface area contributed by atoms with Gasteiger partial charge in [-0.05, 0) is 30.2 Å². The molecule has 0 amide bonds. The molecule has 5 heteroatoms. The van der Waals surface area contributed by atoms with Crippen molar-refractivity contribution in [1.29, 1.82) is 5.26 Å². The molecule has 0 radical (unpaired) electrons. The van der Waals surface area contributed by atoms with Crippen LogP contribution >= 0.6 is 22.9 Å². The van der Waals surface area contributed by atoms with Gasteiger partial charge < -0.3 is 5.73 Å². The molecular formula is C14H12ClFN2S. The van der Waals surface area contributed by atoms with Crippen LogP contribution in [0, 0.1) is 17.1 Å². The van der Waals surface area contributed by atoms with Crippen LogP contribution in [0.2, 0.25) is 5.02 Å². The summed E-state index contributed by atoms with van der Waals surface area (Å²) in [5, 5.41) is 9.52. The van der Waals surface area contributed by atoms with Crippen LogP contribution in [0.15, 0.2) is 18.2 Å². The van der Waals surface area contributed by atoms with E-state index < -0.39 is 0 Å². The second-order valence-electron chi connectivity index (χ2n) is 4.14. The highest BCUT2D eigenvalue weighted by atomic mass is 35.5. The number of halogens is 2. The Morgan fingerprint density at radius 1 is 1.47 bits per heavy atom. The van der Waals surface area contributed by atoms with Crippen LogP contribution in [-0.4, -0.2) is 0 Å². The zero-order valence-electron chi connectivity index (χ0n) is 10.3. The molecule has 0 aliphatic rings. The summed E-state index contributed by atoms with van der Waals surface area (Å²) in [5.41, 5.74) is 7.67. The van der Waals surface area contributed by atoms with E-state index in [4.69, 9.17) is 22.6 Å². The minimum absolute atomic E-state index is 0.354. The third-order valence-corrected chi connectivity index (χ3v) is 4.24. The van der Waals surface area contributed by atoms with E-state index in [1.807, 2.05) is 6.92 Å². The molecule has 98 valence electrons. The van der Waals surface area contributed by atoms with Crippen molar-refractivity contribution < 1.29 is 4.39 Å². The fraction of sp³-hybridized carbons (Fsp3) is 0.214. The van der Waals surface area contributed by atoms with Crippen LogP contribution in [-0.2, 0) is 6.42 Å². The monoisotopic (exact) mass is 294 g/mol. The minimum Gasteiger partial charge on any atom is -0.397 e. The molecule has 0 aliphatic carbocycles. The van der Waals surface area contributed by atoms with Gasteiger partial charge in [0.05, 0.1) is 5.69 Å². The quantitative estimate of drug-likeness (QED) is 0.898. The van der Waals surface area contributed by atoms with E-state index in [-0.39, 0.29) is 5.82 Å². The second kappa shape index (κ2) is 5.60. The molecule has 0 saturated carbocycles. The molecule has 19 heavy (non-hydrogen) atoms. The van der Waals surface area contributed by atoms with E-state index in [9.17, 15) is 4.39 Å². The molecule has 0 unspecified atom stereocenters. The number of anilines is 1. The van der Waals surface area contributed by atoms with Crippen molar-refractivity contribution in [3.63, 3.8) is 0 Å². The van der Waals surface area contributed by atoms with Crippen LogP contribution < -0.4 is 5.73 Å². The Hall–Kier alpha value is -1.57. The average Bonchev–Trinajstić information content (AvgIpc) is 2.70. The van der Waals surface area contributed by atoms with Crippen molar-refractivity contribution in [2.75, 3.05) is 5.73 Å². The minimum atomic E-state index is -0.354. The molecule has 0 saturated heterocycles. The largest absolute Gasteiger partial charge is 0.397 e. The van der Waals surface area contributed by atoms with Gasteiger partial charge in [-0.1, -0.05) is 24.9 Å². The molecule has 2 nitrogen and oxygen atoms in total. The molecule has 2 rings (SSSR count). The first-order valence-corrected chi connectivity index (χ1v) is 7.04. The van der Waals surface area contributed by atoms with Gasteiger partial charge in [-0.2, -0.15) is 5.26 Å². The lowest BCUT2D eigenvalue weighted by Crippen LogP contribution is -1.94. The van der Waals surface area contributed by atoms with E-state index in [0.29, 0.717) is 32.4 Å². The summed E-state index contributed by atoms with van der Waals surface area (Å²) in [6, 6.07) is 6.46. The summed E-state index contributed by atoms with van der Waals surface area (Å²) in [6.45, 7) is 2.02. The van der Waals surface area contributed by atoms with E-state index in [1.165, 1.54) is 23.5 Å². The fourth-order valence-corrected chi connectivity index (χ4v) is 3.20. The molecular weight excluding hydrogens is 283 g/mol. The lowest BCUT2D eigenvalue weighted by Gasteiger charge is -2.06. The van der Waals surface area contributed by atoms with Crippen molar-refractivity contribution >= 4 is 28.6 Å². The van der Waals surface area contributed by atoms with Crippen molar-refractivity contribution in [3.8, 4) is 16.5 Å². The Morgan fingerprint density at radius 2 is 2.21 bits per heavy atom. The van der Waals surface area contributed by atoms with E-state index in [2.05, 4.69) is 6.07 Å². The highest BCUT2D eigenvalue weighted by Crippen LogP contribution is 2.40. The molecule has 2 aromatic rings. The zero-order chi connectivity index (χ0) is 14.0. The number of hydrogen-bond donors (Lipinski definition) is 1. The van der Waals surface area contributed by atoms with Crippen LogP contribution in [0.1, 0.15) is 23.8 Å². The van der Waals surface area contributed by atoms with Crippen LogP contribution in [0.25, 0.3) is 10.4 Å². The van der Waals surface area contributed by atoms with Gasteiger partial charge in [0.1, 0.15) is 16.8 Å². The Bertz CT molecular complexity index is 658. The highest BCUT2D eigenvalue weighted by molar-refractivity contribution is 7.16. The van der Waals surface area contributed by atoms with Crippen LogP contribution in [0.3, 0.4) is 0 Å². The van der Waals surface area contributed by atoms with E-state index in [1.54, 1.807) is 6.07 Å². The molecule has 0 bridgehead atoms. The number of nitriles is 1. The Kier molecular flexibility index (Phi) is 4.08. The standard InChI is InChI=1S/C14H12ClFN2S/c1-2-3-9-13(18)12(7-17)19-14(9)10-6-8(15)4-5-11(10)16/h4-6H,2-3,18H2,1H3. The number of nitrogens with two attached hydrogens (primary N) is 1. The molecule has 1 heterocycles. The van der Waals surface area contributed by atoms with Gasteiger partial charge >= 0.3 is 0 Å².